The summed E-state index contributed by atoms with van der Waals surface area (Å²) in [6.07, 6.45) is 1.20. The Morgan fingerprint density at radius 2 is 1.97 bits per heavy atom. The lowest BCUT2D eigenvalue weighted by molar-refractivity contribution is 0.0198. The van der Waals surface area contributed by atoms with Crippen molar-refractivity contribution < 1.29 is 14.1 Å². The molecule has 1 amide bonds. The van der Waals surface area contributed by atoms with Gasteiger partial charge < -0.3 is 14.2 Å². The van der Waals surface area contributed by atoms with Gasteiger partial charge in [0.2, 0.25) is 5.89 Å². The number of carbonyl (C=O) groups excluding carboxylic acids is 1. The van der Waals surface area contributed by atoms with Gasteiger partial charge in [-0.25, -0.2) is 4.79 Å². The molecule has 0 aliphatic carbocycles. The Morgan fingerprint density at radius 1 is 1.26 bits per heavy atom. The molecule has 3 aromatic rings. The zero-order valence-corrected chi connectivity index (χ0v) is 19.3. The van der Waals surface area contributed by atoms with Crippen LogP contribution in [0.4, 0.5) is 4.79 Å². The number of hydrogen-bond acceptors (Lipinski definition) is 6. The summed E-state index contributed by atoms with van der Waals surface area (Å²) in [5, 5.41) is 10.6. The molecule has 1 aromatic carbocycles. The lowest BCUT2D eigenvalue weighted by Crippen LogP contribution is -2.41. The first-order valence-electron chi connectivity index (χ1n) is 10.6. The van der Waals surface area contributed by atoms with Crippen LogP contribution in [0.25, 0.3) is 16.9 Å². The lowest BCUT2D eigenvalue weighted by Gasteiger charge is -2.32. The zero-order chi connectivity index (χ0) is 22.3. The van der Waals surface area contributed by atoms with Crippen molar-refractivity contribution in [2.75, 3.05) is 13.1 Å². The number of piperidine rings is 1. The van der Waals surface area contributed by atoms with E-state index in [1.54, 1.807) is 9.58 Å². The fourth-order valence-corrected chi connectivity index (χ4v) is 3.97. The Morgan fingerprint density at radius 3 is 2.61 bits per heavy atom. The van der Waals surface area contributed by atoms with Crippen LogP contribution in [0.3, 0.4) is 0 Å². The van der Waals surface area contributed by atoms with Gasteiger partial charge in [0.15, 0.2) is 0 Å². The molecule has 4 rings (SSSR count). The average Bonchev–Trinajstić information content (AvgIpc) is 3.31. The number of benzene rings is 1. The monoisotopic (exact) mass is 445 g/mol. The highest BCUT2D eigenvalue weighted by molar-refractivity contribution is 6.31. The molecule has 2 aromatic heterocycles. The van der Waals surface area contributed by atoms with Crippen LogP contribution in [0.5, 0.6) is 0 Å². The summed E-state index contributed by atoms with van der Waals surface area (Å²) in [6.45, 7) is 11.0. The van der Waals surface area contributed by atoms with E-state index in [9.17, 15) is 4.79 Å². The van der Waals surface area contributed by atoms with Gasteiger partial charge >= 0.3 is 6.09 Å². The maximum Gasteiger partial charge on any atom is 0.410 e. The third-order valence-electron chi connectivity index (χ3n) is 5.33. The fraction of sp³-hybridized carbons (Fsp3) is 0.545. The van der Waals surface area contributed by atoms with Gasteiger partial charge in [0.1, 0.15) is 5.60 Å². The minimum absolute atomic E-state index is 0.0925. The SMILES string of the molecule is CC(C)c1nn(-c2noc(C3CCN(C(=O)OC(C)(C)C)CC3)n2)c2cc(Cl)ccc12. The number of nitrogens with zero attached hydrogens (tertiary/aromatic N) is 5. The number of ether oxygens (including phenoxy) is 1. The van der Waals surface area contributed by atoms with Gasteiger partial charge in [-0.2, -0.15) is 14.8 Å². The van der Waals surface area contributed by atoms with E-state index in [4.69, 9.17) is 26.0 Å². The summed E-state index contributed by atoms with van der Waals surface area (Å²) in [4.78, 5) is 18.6. The van der Waals surface area contributed by atoms with Crippen molar-refractivity contribution in [3.63, 3.8) is 0 Å². The summed E-state index contributed by atoms with van der Waals surface area (Å²) in [6, 6.07) is 5.71. The van der Waals surface area contributed by atoms with Gasteiger partial charge in [0.25, 0.3) is 5.95 Å². The van der Waals surface area contributed by atoms with Crippen molar-refractivity contribution in [2.45, 2.75) is 64.9 Å². The minimum Gasteiger partial charge on any atom is -0.444 e. The summed E-state index contributed by atoms with van der Waals surface area (Å²) in [5.41, 5.74) is 1.31. The number of amides is 1. The van der Waals surface area contributed by atoms with Crippen molar-refractivity contribution in [1.82, 2.24) is 24.8 Å². The van der Waals surface area contributed by atoms with Crippen LogP contribution in [0, 0.1) is 0 Å². The second-order valence-electron chi connectivity index (χ2n) is 9.29. The molecule has 1 saturated heterocycles. The lowest BCUT2D eigenvalue weighted by atomic mass is 9.97. The zero-order valence-electron chi connectivity index (χ0n) is 18.6. The van der Waals surface area contributed by atoms with E-state index in [1.807, 2.05) is 39.0 Å². The molecule has 0 spiro atoms. The maximum atomic E-state index is 12.3. The molecule has 9 heteroatoms. The second-order valence-corrected chi connectivity index (χ2v) is 9.72. The molecular weight excluding hydrogens is 418 g/mol. The molecule has 0 atom stereocenters. The predicted molar refractivity (Wildman–Crippen MR) is 118 cm³/mol. The minimum atomic E-state index is -0.500. The van der Waals surface area contributed by atoms with Gasteiger partial charge in [-0.15, -0.1) is 0 Å². The molecule has 8 nitrogen and oxygen atoms in total. The number of likely N-dealkylation sites (tertiary alicyclic amines) is 1. The van der Waals surface area contributed by atoms with Crippen LogP contribution in [-0.2, 0) is 4.74 Å². The molecule has 1 aliphatic rings. The van der Waals surface area contributed by atoms with Gasteiger partial charge in [0, 0.05) is 29.4 Å². The average molecular weight is 446 g/mol. The van der Waals surface area contributed by atoms with E-state index in [0.717, 1.165) is 29.4 Å². The fourth-order valence-electron chi connectivity index (χ4n) is 3.81. The number of carbonyl (C=O) groups is 1. The number of fused-ring (bicyclic) bond motifs is 1. The van der Waals surface area contributed by atoms with E-state index in [2.05, 4.69) is 24.0 Å². The number of aromatic nitrogens is 4. The van der Waals surface area contributed by atoms with Crippen LogP contribution in [0.1, 0.15) is 70.9 Å². The smallest absolute Gasteiger partial charge is 0.410 e. The molecular formula is C22H28ClN5O3. The van der Waals surface area contributed by atoms with E-state index >= 15 is 0 Å². The molecule has 1 aliphatic heterocycles. The topological polar surface area (TPSA) is 86.3 Å². The normalized spacial score (nSPS) is 15.8. The van der Waals surface area contributed by atoms with Crippen molar-refractivity contribution in [3.8, 4) is 5.95 Å². The standard InChI is InChI=1S/C22H28ClN5O3/c1-13(2)18-16-7-6-15(23)12-17(16)28(25-18)20-24-19(31-26-20)14-8-10-27(11-9-14)21(29)30-22(3,4)5/h6-7,12-14H,8-11H2,1-5H3. The highest BCUT2D eigenvalue weighted by Crippen LogP contribution is 2.31. The molecule has 0 radical (unpaired) electrons. The predicted octanol–water partition coefficient (Wildman–Crippen LogP) is 5.30. The van der Waals surface area contributed by atoms with Crippen LogP contribution >= 0.6 is 11.6 Å². The highest BCUT2D eigenvalue weighted by atomic mass is 35.5. The molecule has 31 heavy (non-hydrogen) atoms. The summed E-state index contributed by atoms with van der Waals surface area (Å²) >= 11 is 6.23. The van der Waals surface area contributed by atoms with Gasteiger partial charge in [-0.1, -0.05) is 25.4 Å². The number of rotatable bonds is 3. The summed E-state index contributed by atoms with van der Waals surface area (Å²) in [5.74, 6) is 1.29. The molecule has 0 unspecified atom stereocenters. The number of halogens is 1. The van der Waals surface area contributed by atoms with Crippen LogP contribution in [0.15, 0.2) is 22.7 Å². The summed E-state index contributed by atoms with van der Waals surface area (Å²) < 4.78 is 12.8. The van der Waals surface area contributed by atoms with Crippen molar-refractivity contribution in [2.24, 2.45) is 0 Å². The number of hydrogen-bond donors (Lipinski definition) is 0. The van der Waals surface area contributed by atoms with Crippen molar-refractivity contribution >= 4 is 28.6 Å². The maximum absolute atomic E-state index is 12.3. The Labute approximate surface area is 186 Å². The molecule has 1 fully saturated rings. The Balaban J connectivity index is 1.52. The van der Waals surface area contributed by atoms with Gasteiger partial charge in [0.05, 0.1) is 11.2 Å². The van der Waals surface area contributed by atoms with E-state index in [-0.39, 0.29) is 17.9 Å². The van der Waals surface area contributed by atoms with Crippen molar-refractivity contribution in [1.29, 1.82) is 0 Å². The summed E-state index contributed by atoms with van der Waals surface area (Å²) in [7, 11) is 0. The first kappa shape index (κ1) is 21.6. The van der Waals surface area contributed by atoms with Crippen molar-refractivity contribution in [3.05, 3.63) is 34.8 Å². The Bertz CT molecular complexity index is 1090. The third kappa shape index (κ3) is 4.54. The second kappa shape index (κ2) is 8.15. The molecule has 0 bridgehead atoms. The van der Waals surface area contributed by atoms with E-state index in [1.165, 1.54) is 0 Å². The van der Waals surface area contributed by atoms with E-state index < -0.39 is 5.60 Å². The van der Waals surface area contributed by atoms with Gasteiger partial charge in [-0.3, -0.25) is 0 Å². The first-order valence-corrected chi connectivity index (χ1v) is 11.0. The molecule has 0 saturated carbocycles. The first-order chi connectivity index (χ1) is 14.6. The Kier molecular flexibility index (Phi) is 5.68. The molecule has 166 valence electrons. The molecule has 3 heterocycles. The van der Waals surface area contributed by atoms with Crippen LogP contribution in [-0.4, -0.2) is 49.6 Å². The van der Waals surface area contributed by atoms with E-state index in [0.29, 0.717) is 30.0 Å². The quantitative estimate of drug-likeness (QED) is 0.543. The third-order valence-corrected chi connectivity index (χ3v) is 5.57. The van der Waals surface area contributed by atoms with Crippen LogP contribution in [0.2, 0.25) is 5.02 Å². The van der Waals surface area contributed by atoms with Gasteiger partial charge in [-0.05, 0) is 62.9 Å². The molecule has 0 N–H and O–H groups in total. The largest absolute Gasteiger partial charge is 0.444 e. The Hall–Kier alpha value is -2.61. The van der Waals surface area contributed by atoms with Crippen LogP contribution < -0.4 is 0 Å². The highest BCUT2D eigenvalue weighted by Gasteiger charge is 2.30.